The van der Waals surface area contributed by atoms with Crippen LogP contribution in [0.2, 0.25) is 0 Å². The summed E-state index contributed by atoms with van der Waals surface area (Å²) in [5, 5.41) is 13.6. The molecule has 1 aromatic heterocycles. The Hall–Kier alpha value is -1.40. The van der Waals surface area contributed by atoms with Gasteiger partial charge in [0.15, 0.2) is 0 Å². The van der Waals surface area contributed by atoms with Crippen molar-refractivity contribution in [2.24, 2.45) is 13.0 Å². The molecular weight excluding hydrogens is 268 g/mol. The van der Waals surface area contributed by atoms with E-state index in [-0.39, 0.29) is 12.0 Å². The molecule has 6 nitrogen and oxygen atoms in total. The van der Waals surface area contributed by atoms with Crippen LogP contribution in [0.4, 0.5) is 0 Å². The smallest absolute Gasteiger partial charge is 0.226 e. The van der Waals surface area contributed by atoms with E-state index in [0.717, 1.165) is 32.6 Å². The molecular formula is C15H24N4O2. The number of nitrogens with zero attached hydrogens (tertiary/aromatic N) is 4. The fourth-order valence-electron chi connectivity index (χ4n) is 3.23. The van der Waals surface area contributed by atoms with Crippen LogP contribution < -0.4 is 0 Å². The maximum Gasteiger partial charge on any atom is 0.226 e. The topological polar surface area (TPSA) is 61.6 Å². The van der Waals surface area contributed by atoms with Gasteiger partial charge in [-0.3, -0.25) is 14.4 Å². The summed E-state index contributed by atoms with van der Waals surface area (Å²) in [7, 11) is 1.91. The number of rotatable bonds is 4. The van der Waals surface area contributed by atoms with Gasteiger partial charge >= 0.3 is 0 Å². The Morgan fingerprint density at radius 3 is 2.71 bits per heavy atom. The van der Waals surface area contributed by atoms with E-state index in [1.807, 2.05) is 24.3 Å². The third-order valence-electron chi connectivity index (χ3n) is 4.47. The Morgan fingerprint density at radius 2 is 2.14 bits per heavy atom. The van der Waals surface area contributed by atoms with Crippen LogP contribution in [0.1, 0.15) is 24.8 Å². The largest absolute Gasteiger partial charge is 0.392 e. The number of hydrogen-bond donors (Lipinski definition) is 1. The van der Waals surface area contributed by atoms with Crippen LogP contribution >= 0.6 is 0 Å². The maximum absolute atomic E-state index is 12.5. The summed E-state index contributed by atoms with van der Waals surface area (Å²) in [6.07, 6.45) is 4.54. The second-order valence-electron chi connectivity index (χ2n) is 6.37. The lowest BCUT2D eigenvalue weighted by molar-refractivity contribution is -0.134. The van der Waals surface area contributed by atoms with E-state index in [9.17, 15) is 9.90 Å². The summed E-state index contributed by atoms with van der Waals surface area (Å²) < 4.78 is 1.80. The fourth-order valence-corrected chi connectivity index (χ4v) is 3.23. The average Bonchev–Trinajstić information content (AvgIpc) is 3.13. The monoisotopic (exact) mass is 292 g/mol. The number of piperazine rings is 1. The molecule has 1 aliphatic carbocycles. The van der Waals surface area contributed by atoms with Crippen LogP contribution in [0.25, 0.3) is 0 Å². The summed E-state index contributed by atoms with van der Waals surface area (Å²) in [6.45, 7) is 5.79. The molecule has 2 aliphatic rings. The minimum atomic E-state index is -0.300. The Labute approximate surface area is 125 Å². The summed E-state index contributed by atoms with van der Waals surface area (Å²) in [4.78, 5) is 16.7. The average molecular weight is 292 g/mol. The van der Waals surface area contributed by atoms with Gasteiger partial charge in [0.05, 0.1) is 12.3 Å². The van der Waals surface area contributed by atoms with Crippen molar-refractivity contribution < 1.29 is 9.90 Å². The second-order valence-corrected chi connectivity index (χ2v) is 6.37. The van der Waals surface area contributed by atoms with Crippen LogP contribution in [0.5, 0.6) is 0 Å². The van der Waals surface area contributed by atoms with Crippen LogP contribution in [0, 0.1) is 5.92 Å². The molecule has 0 bridgehead atoms. The van der Waals surface area contributed by atoms with E-state index in [1.165, 1.54) is 5.56 Å². The lowest BCUT2D eigenvalue weighted by Crippen LogP contribution is -2.50. The van der Waals surface area contributed by atoms with E-state index in [0.29, 0.717) is 18.4 Å². The van der Waals surface area contributed by atoms with Crippen molar-refractivity contribution in [2.75, 3.05) is 32.7 Å². The molecule has 0 spiro atoms. The van der Waals surface area contributed by atoms with Crippen LogP contribution in [-0.4, -0.2) is 69.4 Å². The molecule has 2 fully saturated rings. The van der Waals surface area contributed by atoms with E-state index in [1.54, 1.807) is 11.6 Å². The van der Waals surface area contributed by atoms with Gasteiger partial charge in [0.2, 0.25) is 5.91 Å². The Balaban J connectivity index is 1.49. The minimum Gasteiger partial charge on any atom is -0.392 e. The number of aliphatic hydroxyl groups excluding tert-OH is 1. The first-order valence-electron chi connectivity index (χ1n) is 7.72. The molecule has 0 aromatic carbocycles. The third kappa shape index (κ3) is 3.27. The molecule has 3 atom stereocenters. The molecule has 3 rings (SSSR count). The number of carbonyl (C=O) groups is 1. The zero-order valence-electron chi connectivity index (χ0n) is 12.8. The van der Waals surface area contributed by atoms with Crippen molar-refractivity contribution in [3.05, 3.63) is 18.0 Å². The van der Waals surface area contributed by atoms with Crippen molar-refractivity contribution in [1.29, 1.82) is 0 Å². The molecule has 2 heterocycles. The Kier molecular flexibility index (Phi) is 3.99. The van der Waals surface area contributed by atoms with Crippen molar-refractivity contribution in [3.63, 3.8) is 0 Å². The molecule has 1 aliphatic heterocycles. The number of amides is 1. The van der Waals surface area contributed by atoms with Crippen molar-refractivity contribution in [1.82, 2.24) is 19.6 Å². The van der Waals surface area contributed by atoms with Gasteiger partial charge in [0.25, 0.3) is 0 Å². The number of carbonyl (C=O) groups excluding carboxylic acids is 1. The normalized spacial score (nSPS) is 27.7. The molecule has 1 saturated heterocycles. The fraction of sp³-hybridized carbons (Fsp3) is 0.733. The molecule has 0 radical (unpaired) electrons. The van der Waals surface area contributed by atoms with Gasteiger partial charge in [-0.05, 0) is 24.8 Å². The van der Waals surface area contributed by atoms with Gasteiger partial charge in [-0.25, -0.2) is 0 Å². The van der Waals surface area contributed by atoms with Crippen LogP contribution in [0.3, 0.4) is 0 Å². The molecule has 21 heavy (non-hydrogen) atoms. The first-order valence-corrected chi connectivity index (χ1v) is 7.72. The molecule has 1 aromatic rings. The number of aromatic nitrogens is 2. The number of aliphatic hydroxyl groups is 1. The zero-order chi connectivity index (χ0) is 15.0. The Bertz CT molecular complexity index is 506. The van der Waals surface area contributed by atoms with Crippen LogP contribution in [0.15, 0.2) is 12.4 Å². The third-order valence-corrected chi connectivity index (χ3v) is 4.47. The molecule has 1 saturated carbocycles. The molecule has 1 N–H and O–H groups in total. The van der Waals surface area contributed by atoms with Crippen molar-refractivity contribution in [3.8, 4) is 0 Å². The quantitative estimate of drug-likeness (QED) is 0.852. The highest BCUT2D eigenvalue weighted by Crippen LogP contribution is 2.48. The lowest BCUT2D eigenvalue weighted by atomic mass is 10.1. The summed E-state index contributed by atoms with van der Waals surface area (Å²) in [5.74, 6) is 0.805. The van der Waals surface area contributed by atoms with Crippen molar-refractivity contribution >= 4 is 5.91 Å². The van der Waals surface area contributed by atoms with Gasteiger partial charge in [0, 0.05) is 51.9 Å². The van der Waals surface area contributed by atoms with Gasteiger partial charge < -0.3 is 10.0 Å². The molecule has 3 unspecified atom stereocenters. The molecule has 1 amide bonds. The van der Waals surface area contributed by atoms with Crippen LogP contribution in [-0.2, 0) is 11.8 Å². The highest BCUT2D eigenvalue weighted by atomic mass is 16.3. The SMILES string of the molecule is CC(O)CN1CCN(C(=O)C2CC2c2cnn(C)c2)CC1. The van der Waals surface area contributed by atoms with E-state index >= 15 is 0 Å². The van der Waals surface area contributed by atoms with E-state index in [4.69, 9.17) is 0 Å². The van der Waals surface area contributed by atoms with Crippen molar-refractivity contribution in [2.45, 2.75) is 25.4 Å². The predicted molar refractivity (Wildman–Crippen MR) is 78.8 cm³/mol. The first kappa shape index (κ1) is 14.5. The lowest BCUT2D eigenvalue weighted by Gasteiger charge is -2.35. The highest BCUT2D eigenvalue weighted by molar-refractivity contribution is 5.83. The number of β-amino-alcohol motifs (C(OH)–C–C–N with tert-alkyl or cyclic N) is 1. The summed E-state index contributed by atoms with van der Waals surface area (Å²) >= 11 is 0. The first-order chi connectivity index (χ1) is 10.0. The van der Waals surface area contributed by atoms with Gasteiger partial charge in [-0.1, -0.05) is 0 Å². The Morgan fingerprint density at radius 1 is 1.43 bits per heavy atom. The number of aryl methyl sites for hydroxylation is 1. The summed E-state index contributed by atoms with van der Waals surface area (Å²) in [6, 6.07) is 0. The minimum absolute atomic E-state index is 0.150. The molecule has 6 heteroatoms. The van der Waals surface area contributed by atoms with E-state index in [2.05, 4.69) is 10.00 Å². The number of hydrogen-bond acceptors (Lipinski definition) is 4. The van der Waals surface area contributed by atoms with Gasteiger partial charge in [-0.15, -0.1) is 0 Å². The standard InChI is InChI=1S/C15H24N4O2/c1-11(20)9-18-3-5-19(6-4-18)15(21)14-7-13(14)12-8-16-17(2)10-12/h8,10-11,13-14,20H,3-7,9H2,1-2H3. The van der Waals surface area contributed by atoms with Gasteiger partial charge in [-0.2, -0.15) is 5.10 Å². The maximum atomic E-state index is 12.5. The zero-order valence-corrected chi connectivity index (χ0v) is 12.8. The summed E-state index contributed by atoms with van der Waals surface area (Å²) in [5.41, 5.74) is 1.18. The second kappa shape index (κ2) is 5.77. The highest BCUT2D eigenvalue weighted by Gasteiger charge is 2.46. The predicted octanol–water partition coefficient (Wildman–Crippen LogP) is 0.0486. The van der Waals surface area contributed by atoms with Gasteiger partial charge in [0.1, 0.15) is 0 Å². The van der Waals surface area contributed by atoms with E-state index < -0.39 is 0 Å². The molecule has 116 valence electrons.